The van der Waals surface area contributed by atoms with E-state index in [0.717, 1.165) is 4.90 Å². The molecule has 1 nitrogen and oxygen atoms in total. The molecule has 0 fully saturated rings. The van der Waals surface area contributed by atoms with E-state index in [-0.39, 0.29) is 11.4 Å². The smallest absolute Gasteiger partial charge is 0.145 e. The number of hydrogen-bond acceptors (Lipinski definition) is 2. The van der Waals surface area contributed by atoms with Crippen LogP contribution in [0.4, 0.5) is 4.39 Å². The maximum atomic E-state index is 13.7. The van der Waals surface area contributed by atoms with Crippen molar-refractivity contribution in [1.29, 1.82) is 0 Å². The van der Waals surface area contributed by atoms with Crippen molar-refractivity contribution in [2.45, 2.75) is 24.3 Å². The van der Waals surface area contributed by atoms with Gasteiger partial charge in [0.2, 0.25) is 0 Å². The van der Waals surface area contributed by atoms with Gasteiger partial charge in [-0.05, 0) is 30.2 Å². The largest absolute Gasteiger partial charge is 0.392 e. The van der Waals surface area contributed by atoms with Gasteiger partial charge < -0.3 is 5.11 Å². The normalized spacial score (nSPS) is 12.4. The van der Waals surface area contributed by atoms with Gasteiger partial charge in [0.1, 0.15) is 5.82 Å². The van der Waals surface area contributed by atoms with Crippen LogP contribution in [0, 0.1) is 12.7 Å². The third-order valence-electron chi connectivity index (χ3n) is 3.01. The SMILES string of the molecule is Cc1ccccc1SCC(O)Cc1cccc(Cl)c1F. The summed E-state index contributed by atoms with van der Waals surface area (Å²) in [6, 6.07) is 12.9. The summed E-state index contributed by atoms with van der Waals surface area (Å²) in [4.78, 5) is 1.14. The number of aryl methyl sites for hydroxylation is 1. The summed E-state index contributed by atoms with van der Waals surface area (Å²) < 4.78 is 13.7. The molecule has 0 aliphatic carbocycles. The Morgan fingerprint density at radius 3 is 2.70 bits per heavy atom. The van der Waals surface area contributed by atoms with E-state index in [2.05, 4.69) is 0 Å². The average Bonchev–Trinajstić information content (AvgIpc) is 2.43. The van der Waals surface area contributed by atoms with Gasteiger partial charge in [0, 0.05) is 17.1 Å². The van der Waals surface area contributed by atoms with Crippen LogP contribution in [0.3, 0.4) is 0 Å². The third-order valence-corrected chi connectivity index (χ3v) is 4.62. The molecule has 1 atom stereocenters. The highest BCUT2D eigenvalue weighted by atomic mass is 35.5. The molecule has 2 aromatic rings. The molecule has 1 unspecified atom stereocenters. The van der Waals surface area contributed by atoms with Crippen molar-refractivity contribution in [3.63, 3.8) is 0 Å². The Hall–Kier alpha value is -1.03. The van der Waals surface area contributed by atoms with Gasteiger partial charge in [0.25, 0.3) is 0 Å². The van der Waals surface area contributed by atoms with E-state index in [1.54, 1.807) is 23.9 Å². The first-order valence-electron chi connectivity index (χ1n) is 6.37. The van der Waals surface area contributed by atoms with E-state index >= 15 is 0 Å². The third kappa shape index (κ3) is 3.98. The van der Waals surface area contributed by atoms with Crippen LogP contribution >= 0.6 is 23.4 Å². The first kappa shape index (κ1) is 15.4. The number of thioether (sulfide) groups is 1. The molecule has 20 heavy (non-hydrogen) atoms. The predicted molar refractivity (Wildman–Crippen MR) is 83.0 cm³/mol. The van der Waals surface area contributed by atoms with Gasteiger partial charge in [-0.1, -0.05) is 41.9 Å². The Kier molecular flexibility index (Phi) is 5.46. The van der Waals surface area contributed by atoms with Crippen molar-refractivity contribution in [3.8, 4) is 0 Å². The fourth-order valence-corrected chi connectivity index (χ4v) is 3.08. The van der Waals surface area contributed by atoms with Gasteiger partial charge in [-0.2, -0.15) is 0 Å². The highest BCUT2D eigenvalue weighted by Gasteiger charge is 2.12. The molecule has 106 valence electrons. The number of hydrogen-bond donors (Lipinski definition) is 1. The Bertz CT molecular complexity index is 588. The van der Waals surface area contributed by atoms with Crippen LogP contribution in [0.1, 0.15) is 11.1 Å². The minimum Gasteiger partial charge on any atom is -0.392 e. The molecule has 0 aliphatic rings. The molecule has 0 heterocycles. The Morgan fingerprint density at radius 1 is 1.20 bits per heavy atom. The Balaban J connectivity index is 1.94. The molecule has 0 saturated heterocycles. The summed E-state index contributed by atoms with van der Waals surface area (Å²) in [7, 11) is 0. The van der Waals surface area contributed by atoms with E-state index in [9.17, 15) is 9.50 Å². The summed E-state index contributed by atoms with van der Waals surface area (Å²) >= 11 is 7.31. The average molecular weight is 311 g/mol. The van der Waals surface area contributed by atoms with Crippen LogP contribution in [-0.4, -0.2) is 17.0 Å². The quantitative estimate of drug-likeness (QED) is 0.822. The lowest BCUT2D eigenvalue weighted by Crippen LogP contribution is -2.14. The van der Waals surface area contributed by atoms with Crippen molar-refractivity contribution in [2.24, 2.45) is 0 Å². The molecule has 1 N–H and O–H groups in total. The molecule has 0 aliphatic heterocycles. The molecule has 0 radical (unpaired) electrons. The van der Waals surface area contributed by atoms with Gasteiger partial charge >= 0.3 is 0 Å². The van der Waals surface area contributed by atoms with Crippen molar-refractivity contribution in [2.75, 3.05) is 5.75 Å². The van der Waals surface area contributed by atoms with E-state index in [4.69, 9.17) is 11.6 Å². The number of aliphatic hydroxyl groups is 1. The van der Waals surface area contributed by atoms with Crippen molar-refractivity contribution in [1.82, 2.24) is 0 Å². The molecular weight excluding hydrogens is 295 g/mol. The van der Waals surface area contributed by atoms with Gasteiger partial charge in [-0.25, -0.2) is 4.39 Å². The highest BCUT2D eigenvalue weighted by Crippen LogP contribution is 2.24. The molecule has 0 bridgehead atoms. The standard InChI is InChI=1S/C16H16ClFOS/c1-11-5-2-3-8-15(11)20-10-13(19)9-12-6-4-7-14(17)16(12)18/h2-8,13,19H,9-10H2,1H3. The van der Waals surface area contributed by atoms with E-state index < -0.39 is 11.9 Å². The second-order valence-corrected chi connectivity index (χ2v) is 6.12. The van der Waals surface area contributed by atoms with Crippen LogP contribution in [0.5, 0.6) is 0 Å². The summed E-state index contributed by atoms with van der Waals surface area (Å²) in [6.07, 6.45) is -0.335. The first-order chi connectivity index (χ1) is 9.58. The van der Waals surface area contributed by atoms with Crippen molar-refractivity contribution in [3.05, 3.63) is 64.4 Å². The van der Waals surface area contributed by atoms with E-state index in [0.29, 0.717) is 11.3 Å². The van der Waals surface area contributed by atoms with Crippen LogP contribution < -0.4 is 0 Å². The summed E-state index contributed by atoms with van der Waals surface area (Å²) in [5, 5.41) is 10.1. The summed E-state index contributed by atoms with van der Waals surface area (Å²) in [5.74, 6) is 0.0886. The fourth-order valence-electron chi connectivity index (χ4n) is 1.92. The van der Waals surface area contributed by atoms with Gasteiger partial charge in [0.05, 0.1) is 11.1 Å². The lowest BCUT2D eigenvalue weighted by atomic mass is 10.1. The molecule has 4 heteroatoms. The summed E-state index contributed by atoms with van der Waals surface area (Å²) in [6.45, 7) is 2.03. The monoisotopic (exact) mass is 310 g/mol. The topological polar surface area (TPSA) is 20.2 Å². The molecule has 0 amide bonds. The number of rotatable bonds is 5. The maximum Gasteiger partial charge on any atom is 0.145 e. The maximum absolute atomic E-state index is 13.7. The number of halogens is 2. The molecule has 2 rings (SSSR count). The van der Waals surface area contributed by atoms with E-state index in [1.807, 2.05) is 31.2 Å². The minimum absolute atomic E-state index is 0.0984. The lowest BCUT2D eigenvalue weighted by Gasteiger charge is -2.12. The second kappa shape index (κ2) is 7.11. The van der Waals surface area contributed by atoms with Gasteiger partial charge in [-0.3, -0.25) is 0 Å². The van der Waals surface area contributed by atoms with Gasteiger partial charge in [0.15, 0.2) is 0 Å². The predicted octanol–water partition coefficient (Wildman–Crippen LogP) is 4.48. The summed E-state index contributed by atoms with van der Waals surface area (Å²) in [5.41, 5.74) is 1.63. The lowest BCUT2D eigenvalue weighted by molar-refractivity contribution is 0.198. The molecular formula is C16H16ClFOS. The Morgan fingerprint density at radius 2 is 1.95 bits per heavy atom. The van der Waals surface area contributed by atoms with Crippen molar-refractivity contribution < 1.29 is 9.50 Å². The zero-order chi connectivity index (χ0) is 14.5. The van der Waals surface area contributed by atoms with E-state index in [1.165, 1.54) is 11.6 Å². The molecule has 0 aromatic heterocycles. The molecule has 2 aromatic carbocycles. The van der Waals surface area contributed by atoms with Gasteiger partial charge in [-0.15, -0.1) is 11.8 Å². The Labute approximate surface area is 127 Å². The number of benzene rings is 2. The van der Waals surface area contributed by atoms with Crippen molar-refractivity contribution >= 4 is 23.4 Å². The van der Waals surface area contributed by atoms with Crippen LogP contribution in [0.25, 0.3) is 0 Å². The number of aliphatic hydroxyl groups excluding tert-OH is 1. The molecule has 0 saturated carbocycles. The first-order valence-corrected chi connectivity index (χ1v) is 7.73. The zero-order valence-electron chi connectivity index (χ0n) is 11.1. The van der Waals surface area contributed by atoms with Crippen LogP contribution in [0.2, 0.25) is 5.02 Å². The second-order valence-electron chi connectivity index (χ2n) is 4.65. The molecule has 0 spiro atoms. The minimum atomic E-state index is -0.604. The zero-order valence-corrected chi connectivity index (χ0v) is 12.7. The van der Waals surface area contributed by atoms with Crippen LogP contribution in [-0.2, 0) is 6.42 Å². The van der Waals surface area contributed by atoms with Crippen LogP contribution in [0.15, 0.2) is 47.4 Å². The fraction of sp³-hybridized carbons (Fsp3) is 0.250. The highest BCUT2D eigenvalue weighted by molar-refractivity contribution is 7.99.